The molecule has 182 valence electrons. The zero-order valence-corrected chi connectivity index (χ0v) is 20.5. The van der Waals surface area contributed by atoms with Crippen molar-refractivity contribution >= 4 is 15.9 Å². The molecule has 0 saturated carbocycles. The molecule has 3 rings (SSSR count). The summed E-state index contributed by atoms with van der Waals surface area (Å²) in [6.45, 7) is 5.22. The molecule has 0 bridgehead atoms. The SMILES string of the molecule is CCOCCCN(CC(=O)N(Cc1ccccc1)Cc1ccc(C)o1)S(=O)(=O)c1ccccc1. The molecule has 1 heterocycles. The summed E-state index contributed by atoms with van der Waals surface area (Å²) in [5.41, 5.74) is 0.952. The number of furan rings is 1. The third kappa shape index (κ3) is 7.28. The van der Waals surface area contributed by atoms with Crippen LogP contribution >= 0.6 is 0 Å². The fraction of sp³-hybridized carbons (Fsp3) is 0.346. The maximum atomic E-state index is 13.5. The molecule has 3 aromatic rings. The van der Waals surface area contributed by atoms with Crippen molar-refractivity contribution in [2.75, 3.05) is 26.3 Å². The lowest BCUT2D eigenvalue weighted by Gasteiger charge is -2.27. The Morgan fingerprint density at radius 3 is 2.24 bits per heavy atom. The van der Waals surface area contributed by atoms with E-state index in [-0.39, 0.29) is 30.4 Å². The lowest BCUT2D eigenvalue weighted by Crippen LogP contribution is -2.43. The normalized spacial score (nSPS) is 11.6. The second-order valence-corrected chi connectivity index (χ2v) is 9.89. The van der Waals surface area contributed by atoms with Gasteiger partial charge < -0.3 is 14.1 Å². The molecule has 8 heteroatoms. The molecule has 0 aliphatic heterocycles. The number of carbonyl (C=O) groups excluding carboxylic acids is 1. The van der Waals surface area contributed by atoms with E-state index in [0.29, 0.717) is 31.9 Å². The van der Waals surface area contributed by atoms with Crippen LogP contribution in [-0.2, 0) is 32.6 Å². The Morgan fingerprint density at radius 1 is 0.941 bits per heavy atom. The van der Waals surface area contributed by atoms with Crippen LogP contribution in [0.15, 0.2) is 82.1 Å². The minimum Gasteiger partial charge on any atom is -0.464 e. The molecule has 2 aromatic carbocycles. The Hall–Kier alpha value is -2.94. The van der Waals surface area contributed by atoms with Crippen LogP contribution in [0, 0.1) is 6.92 Å². The summed E-state index contributed by atoms with van der Waals surface area (Å²) in [6.07, 6.45) is 0.489. The van der Waals surface area contributed by atoms with Gasteiger partial charge in [0.15, 0.2) is 0 Å². The van der Waals surface area contributed by atoms with E-state index in [0.717, 1.165) is 11.3 Å². The highest BCUT2D eigenvalue weighted by Gasteiger charge is 2.28. The molecular weight excluding hydrogens is 452 g/mol. The van der Waals surface area contributed by atoms with Crippen LogP contribution in [0.1, 0.15) is 30.4 Å². The van der Waals surface area contributed by atoms with Gasteiger partial charge in [0.1, 0.15) is 11.5 Å². The van der Waals surface area contributed by atoms with Crippen molar-refractivity contribution in [1.82, 2.24) is 9.21 Å². The van der Waals surface area contributed by atoms with E-state index in [1.807, 2.05) is 56.3 Å². The molecule has 7 nitrogen and oxygen atoms in total. The van der Waals surface area contributed by atoms with Gasteiger partial charge in [-0.2, -0.15) is 4.31 Å². The molecule has 0 fully saturated rings. The number of hydrogen-bond acceptors (Lipinski definition) is 5. The van der Waals surface area contributed by atoms with Gasteiger partial charge in [-0.25, -0.2) is 8.42 Å². The second-order valence-electron chi connectivity index (χ2n) is 7.95. The summed E-state index contributed by atoms with van der Waals surface area (Å²) in [5.74, 6) is 1.11. The second kappa shape index (κ2) is 12.5. The predicted octanol–water partition coefficient (Wildman–Crippen LogP) is 4.23. The van der Waals surface area contributed by atoms with Gasteiger partial charge >= 0.3 is 0 Å². The Morgan fingerprint density at radius 2 is 1.62 bits per heavy atom. The zero-order valence-electron chi connectivity index (χ0n) is 19.7. The quantitative estimate of drug-likeness (QED) is 0.339. The molecule has 0 spiro atoms. The molecule has 0 radical (unpaired) electrons. The number of carbonyl (C=O) groups is 1. The van der Waals surface area contributed by atoms with E-state index in [2.05, 4.69) is 0 Å². The number of ether oxygens (including phenoxy) is 1. The van der Waals surface area contributed by atoms with Gasteiger partial charge in [-0.15, -0.1) is 0 Å². The topological polar surface area (TPSA) is 80.1 Å². The molecule has 1 amide bonds. The Balaban J connectivity index is 1.83. The predicted molar refractivity (Wildman–Crippen MR) is 130 cm³/mol. The molecule has 0 unspecified atom stereocenters. The molecule has 0 aliphatic rings. The van der Waals surface area contributed by atoms with Crippen LogP contribution in [-0.4, -0.2) is 49.8 Å². The van der Waals surface area contributed by atoms with Gasteiger partial charge in [-0.05, 0) is 50.1 Å². The number of hydrogen-bond donors (Lipinski definition) is 0. The average Bonchev–Trinajstić information content (AvgIpc) is 3.26. The summed E-state index contributed by atoms with van der Waals surface area (Å²) >= 11 is 0. The fourth-order valence-electron chi connectivity index (χ4n) is 3.56. The van der Waals surface area contributed by atoms with Crippen molar-refractivity contribution < 1.29 is 22.4 Å². The van der Waals surface area contributed by atoms with E-state index in [1.165, 1.54) is 4.31 Å². The van der Waals surface area contributed by atoms with Crippen molar-refractivity contribution in [3.05, 3.63) is 89.9 Å². The highest BCUT2D eigenvalue weighted by atomic mass is 32.2. The number of aryl methyl sites for hydroxylation is 1. The van der Waals surface area contributed by atoms with Gasteiger partial charge in [-0.3, -0.25) is 4.79 Å². The van der Waals surface area contributed by atoms with Gasteiger partial charge in [0.2, 0.25) is 15.9 Å². The molecule has 34 heavy (non-hydrogen) atoms. The van der Waals surface area contributed by atoms with Crippen LogP contribution in [0.3, 0.4) is 0 Å². The molecule has 0 saturated heterocycles. The van der Waals surface area contributed by atoms with E-state index >= 15 is 0 Å². The van der Waals surface area contributed by atoms with Gasteiger partial charge in [0.05, 0.1) is 18.0 Å². The first-order chi connectivity index (χ1) is 16.4. The highest BCUT2D eigenvalue weighted by molar-refractivity contribution is 7.89. The first kappa shape index (κ1) is 25.7. The molecule has 1 aromatic heterocycles. The molecule has 0 N–H and O–H groups in total. The van der Waals surface area contributed by atoms with Crippen molar-refractivity contribution in [3.63, 3.8) is 0 Å². The van der Waals surface area contributed by atoms with Crippen molar-refractivity contribution in [2.24, 2.45) is 0 Å². The Kier molecular flexibility index (Phi) is 9.44. The third-order valence-electron chi connectivity index (χ3n) is 5.30. The van der Waals surface area contributed by atoms with Crippen molar-refractivity contribution in [1.29, 1.82) is 0 Å². The number of sulfonamides is 1. The third-order valence-corrected chi connectivity index (χ3v) is 7.16. The van der Waals surface area contributed by atoms with Crippen molar-refractivity contribution in [3.8, 4) is 0 Å². The van der Waals surface area contributed by atoms with E-state index < -0.39 is 10.0 Å². The maximum Gasteiger partial charge on any atom is 0.243 e. The Labute approximate surface area is 202 Å². The van der Waals surface area contributed by atoms with Gasteiger partial charge in [0, 0.05) is 26.3 Å². The van der Waals surface area contributed by atoms with Crippen LogP contribution in [0.5, 0.6) is 0 Å². The number of benzene rings is 2. The summed E-state index contributed by atoms with van der Waals surface area (Å²) in [5, 5.41) is 0. The molecule has 0 atom stereocenters. The van der Waals surface area contributed by atoms with Crippen LogP contribution < -0.4 is 0 Å². The van der Waals surface area contributed by atoms with Crippen LogP contribution in [0.25, 0.3) is 0 Å². The van der Waals surface area contributed by atoms with E-state index in [9.17, 15) is 13.2 Å². The minimum absolute atomic E-state index is 0.162. The monoisotopic (exact) mass is 484 g/mol. The number of amides is 1. The standard InChI is InChI=1S/C26H32N2O5S/c1-3-32-18-10-17-28(34(30,31)25-13-8-5-9-14-25)21-26(29)27(19-23-11-6-4-7-12-23)20-24-16-15-22(2)33-24/h4-9,11-16H,3,10,17-21H2,1-2H3. The lowest BCUT2D eigenvalue weighted by molar-refractivity contribution is -0.133. The van der Waals surface area contributed by atoms with E-state index in [1.54, 1.807) is 35.2 Å². The number of rotatable bonds is 13. The number of nitrogens with zero attached hydrogens (tertiary/aromatic N) is 2. The highest BCUT2D eigenvalue weighted by Crippen LogP contribution is 2.18. The van der Waals surface area contributed by atoms with Gasteiger partial charge in [0.25, 0.3) is 0 Å². The van der Waals surface area contributed by atoms with Gasteiger partial charge in [-0.1, -0.05) is 48.5 Å². The van der Waals surface area contributed by atoms with Crippen LogP contribution in [0.2, 0.25) is 0 Å². The molecular formula is C26H32N2O5S. The summed E-state index contributed by atoms with van der Waals surface area (Å²) in [7, 11) is -3.85. The summed E-state index contributed by atoms with van der Waals surface area (Å²) < 4.78 is 39.1. The summed E-state index contributed by atoms with van der Waals surface area (Å²) in [4.78, 5) is 15.3. The van der Waals surface area contributed by atoms with E-state index in [4.69, 9.17) is 9.15 Å². The minimum atomic E-state index is -3.85. The molecule has 0 aliphatic carbocycles. The Bertz CT molecular complexity index is 1130. The smallest absolute Gasteiger partial charge is 0.243 e. The first-order valence-electron chi connectivity index (χ1n) is 11.4. The van der Waals surface area contributed by atoms with Crippen LogP contribution in [0.4, 0.5) is 0 Å². The zero-order chi connectivity index (χ0) is 24.4. The maximum absolute atomic E-state index is 13.5. The average molecular weight is 485 g/mol. The summed E-state index contributed by atoms with van der Waals surface area (Å²) in [6, 6.07) is 21.5. The van der Waals surface area contributed by atoms with Crippen molar-refractivity contribution in [2.45, 2.75) is 38.3 Å². The first-order valence-corrected chi connectivity index (χ1v) is 12.8. The fourth-order valence-corrected chi connectivity index (χ4v) is 5.01. The largest absolute Gasteiger partial charge is 0.464 e. The lowest BCUT2D eigenvalue weighted by atomic mass is 10.2.